The smallest absolute Gasteiger partial charge is 0.153 e. The maximum Gasteiger partial charge on any atom is 0.153 e. The second-order valence-corrected chi connectivity index (χ2v) is 5.72. The van der Waals surface area contributed by atoms with E-state index in [1.165, 1.54) is 5.56 Å². The predicted octanol–water partition coefficient (Wildman–Crippen LogP) is 3.31. The van der Waals surface area contributed by atoms with Gasteiger partial charge in [-0.05, 0) is 36.6 Å². The maximum absolute atomic E-state index is 6.32. The fourth-order valence-corrected chi connectivity index (χ4v) is 3.11. The van der Waals surface area contributed by atoms with Gasteiger partial charge in [0.25, 0.3) is 0 Å². The lowest BCUT2D eigenvalue weighted by Gasteiger charge is -2.27. The molecule has 0 amide bonds. The third-order valence-corrected chi connectivity index (χ3v) is 4.22. The van der Waals surface area contributed by atoms with Crippen LogP contribution in [0, 0.1) is 0 Å². The van der Waals surface area contributed by atoms with Crippen LogP contribution in [0.3, 0.4) is 0 Å². The fourth-order valence-electron chi connectivity index (χ4n) is 3.11. The molecule has 1 aliphatic heterocycles. The lowest BCUT2D eigenvalue weighted by atomic mass is 10.0. The molecule has 1 aliphatic rings. The number of aromatic nitrogens is 1. The number of anilines is 1. The summed E-state index contributed by atoms with van der Waals surface area (Å²) in [4.78, 5) is 4.46. The Hall–Kier alpha value is -2.88. The number of para-hydroxylation sites is 2. The molecule has 114 valence electrons. The molecular formula is C19H18N4. The zero-order chi connectivity index (χ0) is 15.6. The van der Waals surface area contributed by atoms with Gasteiger partial charge in [-0.15, -0.1) is 0 Å². The van der Waals surface area contributed by atoms with E-state index in [0.29, 0.717) is 5.84 Å². The highest BCUT2D eigenvalue weighted by atomic mass is 15.5. The summed E-state index contributed by atoms with van der Waals surface area (Å²) >= 11 is 0. The van der Waals surface area contributed by atoms with Gasteiger partial charge in [-0.1, -0.05) is 36.4 Å². The number of amidine groups is 1. The third kappa shape index (κ3) is 2.52. The molecule has 0 spiro atoms. The molecule has 23 heavy (non-hydrogen) atoms. The molecule has 0 atom stereocenters. The minimum atomic E-state index is 0.506. The maximum atomic E-state index is 6.32. The van der Waals surface area contributed by atoms with Crippen molar-refractivity contribution in [3.8, 4) is 0 Å². The highest BCUT2D eigenvalue weighted by molar-refractivity contribution is 6.07. The average molecular weight is 302 g/mol. The van der Waals surface area contributed by atoms with Gasteiger partial charge in [0.05, 0.1) is 11.2 Å². The molecule has 4 heteroatoms. The van der Waals surface area contributed by atoms with E-state index < -0.39 is 0 Å². The number of fused-ring (bicyclic) bond motifs is 2. The van der Waals surface area contributed by atoms with Gasteiger partial charge in [-0.25, -0.2) is 0 Å². The van der Waals surface area contributed by atoms with E-state index in [1.807, 2.05) is 41.4 Å². The average Bonchev–Trinajstić information content (AvgIpc) is 2.61. The molecule has 0 bridgehead atoms. The van der Waals surface area contributed by atoms with Crippen LogP contribution in [0.5, 0.6) is 0 Å². The standard InChI is InChI=1S/C19H18N4/c20-19(16-10-3-7-15-8-4-12-21-18(15)16)22-23-13-5-9-14-6-1-2-11-17(14)23/h1-4,6-8,10-12H,5,9,13H2,(H2,20,22). The number of benzene rings is 2. The Labute approximate surface area is 135 Å². The highest BCUT2D eigenvalue weighted by Crippen LogP contribution is 2.27. The van der Waals surface area contributed by atoms with E-state index in [2.05, 4.69) is 28.3 Å². The molecule has 0 saturated carbocycles. The molecule has 0 aliphatic carbocycles. The number of hydrogen-bond donors (Lipinski definition) is 1. The molecule has 4 rings (SSSR count). The Morgan fingerprint density at radius 1 is 1.04 bits per heavy atom. The summed E-state index contributed by atoms with van der Waals surface area (Å²) < 4.78 is 0. The van der Waals surface area contributed by atoms with E-state index in [-0.39, 0.29) is 0 Å². The normalized spacial score (nSPS) is 14.8. The number of rotatable bonds is 2. The first-order chi connectivity index (χ1) is 11.3. The topological polar surface area (TPSA) is 54.5 Å². The summed E-state index contributed by atoms with van der Waals surface area (Å²) in [7, 11) is 0. The predicted molar refractivity (Wildman–Crippen MR) is 94.6 cm³/mol. The van der Waals surface area contributed by atoms with Crippen molar-refractivity contribution in [1.82, 2.24) is 4.98 Å². The molecule has 0 fully saturated rings. The van der Waals surface area contributed by atoms with Gasteiger partial charge in [0.1, 0.15) is 0 Å². The van der Waals surface area contributed by atoms with Crippen molar-refractivity contribution >= 4 is 22.4 Å². The van der Waals surface area contributed by atoms with Crippen molar-refractivity contribution in [2.75, 3.05) is 11.6 Å². The minimum Gasteiger partial charge on any atom is -0.382 e. The Balaban J connectivity index is 1.77. The summed E-state index contributed by atoms with van der Waals surface area (Å²) in [6, 6.07) is 18.4. The first-order valence-corrected chi connectivity index (χ1v) is 7.86. The van der Waals surface area contributed by atoms with Gasteiger partial charge in [-0.2, -0.15) is 5.10 Å². The number of nitrogens with zero attached hydrogens (tertiary/aromatic N) is 3. The number of hydrazone groups is 1. The first kappa shape index (κ1) is 13.8. The SMILES string of the molecule is NC(=NN1CCCc2ccccc21)c1cccc2cccnc12. The van der Waals surface area contributed by atoms with E-state index >= 15 is 0 Å². The van der Waals surface area contributed by atoms with Gasteiger partial charge >= 0.3 is 0 Å². The summed E-state index contributed by atoms with van der Waals surface area (Å²) in [5.74, 6) is 0.506. The van der Waals surface area contributed by atoms with Crippen molar-refractivity contribution in [1.29, 1.82) is 0 Å². The highest BCUT2D eigenvalue weighted by Gasteiger charge is 2.16. The van der Waals surface area contributed by atoms with Crippen molar-refractivity contribution < 1.29 is 0 Å². The molecular weight excluding hydrogens is 284 g/mol. The number of nitrogens with two attached hydrogens (primary N) is 1. The lowest BCUT2D eigenvalue weighted by molar-refractivity contribution is 0.715. The van der Waals surface area contributed by atoms with Crippen LogP contribution in [0.1, 0.15) is 17.5 Å². The summed E-state index contributed by atoms with van der Waals surface area (Å²) in [6.07, 6.45) is 3.97. The van der Waals surface area contributed by atoms with E-state index in [9.17, 15) is 0 Å². The molecule has 1 aromatic heterocycles. The van der Waals surface area contributed by atoms with Crippen LogP contribution in [0.15, 0.2) is 65.9 Å². The van der Waals surface area contributed by atoms with Gasteiger partial charge in [0, 0.05) is 23.7 Å². The summed E-state index contributed by atoms with van der Waals surface area (Å²) in [6.45, 7) is 0.885. The largest absolute Gasteiger partial charge is 0.382 e. The van der Waals surface area contributed by atoms with E-state index in [4.69, 9.17) is 5.73 Å². The number of hydrogen-bond acceptors (Lipinski definition) is 3. The van der Waals surface area contributed by atoms with Crippen LogP contribution < -0.4 is 10.7 Å². The Bertz CT molecular complexity index is 880. The van der Waals surface area contributed by atoms with Crippen molar-refractivity contribution in [3.63, 3.8) is 0 Å². The van der Waals surface area contributed by atoms with Crippen molar-refractivity contribution in [2.24, 2.45) is 10.8 Å². The molecule has 2 N–H and O–H groups in total. The van der Waals surface area contributed by atoms with Crippen molar-refractivity contribution in [2.45, 2.75) is 12.8 Å². The first-order valence-electron chi connectivity index (χ1n) is 7.86. The fraction of sp³-hybridized carbons (Fsp3) is 0.158. The number of pyridine rings is 1. The van der Waals surface area contributed by atoms with Crippen LogP contribution in [0.2, 0.25) is 0 Å². The Morgan fingerprint density at radius 3 is 2.87 bits per heavy atom. The van der Waals surface area contributed by atoms with Gasteiger partial charge < -0.3 is 5.73 Å². The van der Waals surface area contributed by atoms with Crippen LogP contribution >= 0.6 is 0 Å². The quantitative estimate of drug-likeness (QED) is 0.583. The van der Waals surface area contributed by atoms with Gasteiger partial charge in [-0.3, -0.25) is 9.99 Å². The second-order valence-electron chi connectivity index (χ2n) is 5.72. The molecule has 0 saturated heterocycles. The monoisotopic (exact) mass is 302 g/mol. The molecule has 2 heterocycles. The van der Waals surface area contributed by atoms with Crippen LogP contribution in [0.4, 0.5) is 5.69 Å². The summed E-state index contributed by atoms with van der Waals surface area (Å²) in [5, 5.41) is 7.77. The zero-order valence-corrected chi connectivity index (χ0v) is 12.8. The number of aryl methyl sites for hydroxylation is 1. The van der Waals surface area contributed by atoms with E-state index in [1.54, 1.807) is 6.20 Å². The molecule has 2 aromatic carbocycles. The van der Waals surface area contributed by atoms with Crippen LogP contribution in [-0.2, 0) is 6.42 Å². The lowest BCUT2D eigenvalue weighted by Crippen LogP contribution is -2.28. The summed E-state index contributed by atoms with van der Waals surface area (Å²) in [5.41, 5.74) is 10.6. The molecule has 0 unspecified atom stereocenters. The van der Waals surface area contributed by atoms with Crippen LogP contribution in [0.25, 0.3) is 10.9 Å². The van der Waals surface area contributed by atoms with Crippen molar-refractivity contribution in [3.05, 3.63) is 71.9 Å². The molecule has 3 aromatic rings. The zero-order valence-electron chi connectivity index (χ0n) is 12.8. The van der Waals surface area contributed by atoms with Gasteiger partial charge in [0.15, 0.2) is 5.84 Å². The van der Waals surface area contributed by atoms with E-state index in [0.717, 1.165) is 41.5 Å². The Kier molecular flexibility index (Phi) is 3.42. The van der Waals surface area contributed by atoms with Crippen LogP contribution in [-0.4, -0.2) is 17.4 Å². The second kappa shape index (κ2) is 5.72. The molecule has 0 radical (unpaired) electrons. The molecule has 4 nitrogen and oxygen atoms in total. The van der Waals surface area contributed by atoms with Gasteiger partial charge in [0.2, 0.25) is 0 Å². The minimum absolute atomic E-state index is 0.506. The Morgan fingerprint density at radius 2 is 1.91 bits per heavy atom. The third-order valence-electron chi connectivity index (χ3n) is 4.22.